The quantitative estimate of drug-likeness (QED) is 0.810. The third kappa shape index (κ3) is 3.79. The monoisotopic (exact) mass is 305 g/mol. The van der Waals surface area contributed by atoms with Crippen molar-refractivity contribution in [3.63, 3.8) is 0 Å². The van der Waals surface area contributed by atoms with E-state index in [2.05, 4.69) is 15.6 Å². The average molecular weight is 305 g/mol. The topological polar surface area (TPSA) is 91.3 Å². The number of anilines is 1. The van der Waals surface area contributed by atoms with Crippen molar-refractivity contribution in [3.05, 3.63) is 45.4 Å². The van der Waals surface area contributed by atoms with Crippen molar-refractivity contribution >= 4 is 29.0 Å². The third-order valence-electron chi connectivity index (χ3n) is 2.98. The highest BCUT2D eigenvalue weighted by molar-refractivity contribution is 7.09. The Morgan fingerprint density at radius 2 is 2.10 bits per heavy atom. The van der Waals surface area contributed by atoms with Gasteiger partial charge >= 0.3 is 12.0 Å². The van der Waals surface area contributed by atoms with Crippen molar-refractivity contribution in [3.8, 4) is 0 Å². The van der Waals surface area contributed by atoms with E-state index in [1.807, 2.05) is 6.92 Å². The molecule has 1 aromatic heterocycles. The lowest BCUT2D eigenvalue weighted by molar-refractivity contribution is 0.0696. The summed E-state index contributed by atoms with van der Waals surface area (Å²) in [5.74, 6) is -1.02. The number of urea groups is 1. The molecule has 0 aliphatic heterocycles. The second-order valence-electron chi connectivity index (χ2n) is 4.50. The van der Waals surface area contributed by atoms with Crippen molar-refractivity contribution in [2.45, 2.75) is 20.4 Å². The first kappa shape index (κ1) is 15.0. The second kappa shape index (κ2) is 6.36. The van der Waals surface area contributed by atoms with Crippen LogP contribution in [-0.4, -0.2) is 22.1 Å². The largest absolute Gasteiger partial charge is 0.478 e. The van der Waals surface area contributed by atoms with E-state index in [1.165, 1.54) is 17.4 Å². The fourth-order valence-electron chi connectivity index (χ4n) is 1.76. The molecule has 2 rings (SSSR count). The third-order valence-corrected chi connectivity index (χ3v) is 3.92. The summed E-state index contributed by atoms with van der Waals surface area (Å²) in [4.78, 5) is 27.9. The van der Waals surface area contributed by atoms with Crippen LogP contribution in [0.5, 0.6) is 0 Å². The number of carbonyl (C=O) groups excluding carboxylic acids is 1. The first-order valence-corrected chi connectivity index (χ1v) is 7.13. The molecule has 0 aliphatic rings. The minimum Gasteiger partial charge on any atom is -0.478 e. The Hall–Kier alpha value is -2.41. The van der Waals surface area contributed by atoms with E-state index in [-0.39, 0.29) is 11.6 Å². The smallest absolute Gasteiger partial charge is 0.336 e. The number of aromatic carboxylic acids is 1. The SMILES string of the molecule is Cc1ccc(NC(=O)NCc2scnc2C)cc1C(=O)O. The number of nitrogens with one attached hydrogen (secondary N) is 2. The normalized spacial score (nSPS) is 10.2. The number of hydrogen-bond acceptors (Lipinski definition) is 4. The number of carboxylic acids is 1. The maximum atomic E-state index is 11.8. The first-order chi connectivity index (χ1) is 9.97. The zero-order valence-electron chi connectivity index (χ0n) is 11.6. The van der Waals surface area contributed by atoms with Gasteiger partial charge in [-0.3, -0.25) is 0 Å². The van der Waals surface area contributed by atoms with Gasteiger partial charge in [0.25, 0.3) is 0 Å². The van der Waals surface area contributed by atoms with Gasteiger partial charge in [0.15, 0.2) is 0 Å². The van der Waals surface area contributed by atoms with Gasteiger partial charge in [-0.25, -0.2) is 14.6 Å². The number of rotatable bonds is 4. The van der Waals surface area contributed by atoms with E-state index in [4.69, 9.17) is 5.11 Å². The van der Waals surface area contributed by atoms with Crippen LogP contribution >= 0.6 is 11.3 Å². The van der Waals surface area contributed by atoms with E-state index in [0.29, 0.717) is 17.8 Å². The minimum absolute atomic E-state index is 0.172. The molecule has 0 aliphatic carbocycles. The van der Waals surface area contributed by atoms with Crippen LogP contribution in [-0.2, 0) is 6.54 Å². The lowest BCUT2D eigenvalue weighted by atomic mass is 10.1. The average Bonchev–Trinajstić information content (AvgIpc) is 2.84. The van der Waals surface area contributed by atoms with E-state index in [9.17, 15) is 9.59 Å². The highest BCUT2D eigenvalue weighted by Gasteiger charge is 2.10. The molecule has 2 aromatic rings. The Labute approximate surface area is 125 Å². The summed E-state index contributed by atoms with van der Waals surface area (Å²) in [6.45, 7) is 3.98. The van der Waals surface area contributed by atoms with Crippen LogP contribution in [0.4, 0.5) is 10.5 Å². The van der Waals surface area contributed by atoms with Gasteiger partial charge in [0.2, 0.25) is 0 Å². The maximum Gasteiger partial charge on any atom is 0.336 e. The van der Waals surface area contributed by atoms with Gasteiger partial charge in [0, 0.05) is 10.6 Å². The summed E-state index contributed by atoms with van der Waals surface area (Å²) >= 11 is 1.47. The van der Waals surface area contributed by atoms with Crippen molar-refractivity contribution in [2.24, 2.45) is 0 Å². The van der Waals surface area contributed by atoms with Gasteiger partial charge in [0.05, 0.1) is 23.3 Å². The molecular formula is C14H15N3O3S. The predicted octanol–water partition coefficient (Wildman–Crippen LogP) is 2.78. The highest BCUT2D eigenvalue weighted by atomic mass is 32.1. The Morgan fingerprint density at radius 1 is 1.33 bits per heavy atom. The number of amides is 2. The van der Waals surface area contributed by atoms with Crippen molar-refractivity contribution in [1.29, 1.82) is 0 Å². The molecule has 1 aromatic carbocycles. The molecule has 110 valence electrons. The fraction of sp³-hybridized carbons (Fsp3) is 0.214. The number of aromatic nitrogens is 1. The molecule has 6 nitrogen and oxygen atoms in total. The number of aryl methyl sites for hydroxylation is 2. The number of benzene rings is 1. The van der Waals surface area contributed by atoms with Crippen molar-refractivity contribution in [1.82, 2.24) is 10.3 Å². The van der Waals surface area contributed by atoms with Gasteiger partial charge in [-0.05, 0) is 31.5 Å². The Bertz CT molecular complexity index is 682. The van der Waals surface area contributed by atoms with Crippen LogP contribution in [0.3, 0.4) is 0 Å². The van der Waals surface area contributed by atoms with Crippen molar-refractivity contribution in [2.75, 3.05) is 5.32 Å². The van der Waals surface area contributed by atoms with Crippen LogP contribution in [0.25, 0.3) is 0 Å². The number of hydrogen-bond donors (Lipinski definition) is 3. The Morgan fingerprint density at radius 3 is 2.71 bits per heavy atom. The molecule has 21 heavy (non-hydrogen) atoms. The number of nitrogens with zero attached hydrogens (tertiary/aromatic N) is 1. The maximum absolute atomic E-state index is 11.8. The number of carboxylic acid groups (broad SMARTS) is 1. The van der Waals surface area contributed by atoms with E-state index < -0.39 is 5.97 Å². The molecule has 0 fully saturated rings. The summed E-state index contributed by atoms with van der Waals surface area (Å²) < 4.78 is 0. The van der Waals surface area contributed by atoms with Gasteiger partial charge in [-0.2, -0.15) is 0 Å². The summed E-state index contributed by atoms with van der Waals surface area (Å²) in [6.07, 6.45) is 0. The summed E-state index contributed by atoms with van der Waals surface area (Å²) in [7, 11) is 0. The van der Waals surface area contributed by atoms with Gasteiger partial charge in [-0.1, -0.05) is 6.07 Å². The van der Waals surface area contributed by atoms with E-state index in [0.717, 1.165) is 10.6 Å². The summed E-state index contributed by atoms with van der Waals surface area (Å²) in [6, 6.07) is 4.38. The van der Waals surface area contributed by atoms with E-state index >= 15 is 0 Å². The zero-order chi connectivity index (χ0) is 15.4. The molecule has 3 N–H and O–H groups in total. The van der Waals surface area contributed by atoms with Gasteiger partial charge < -0.3 is 15.7 Å². The molecule has 0 saturated carbocycles. The predicted molar refractivity (Wildman–Crippen MR) is 80.8 cm³/mol. The van der Waals surface area contributed by atoms with Crippen LogP contribution < -0.4 is 10.6 Å². The first-order valence-electron chi connectivity index (χ1n) is 6.25. The molecule has 2 amide bonds. The molecule has 1 heterocycles. The van der Waals surface area contributed by atoms with Crippen molar-refractivity contribution < 1.29 is 14.7 Å². The van der Waals surface area contributed by atoms with E-state index in [1.54, 1.807) is 24.6 Å². The minimum atomic E-state index is -1.02. The molecule has 0 radical (unpaired) electrons. The fourth-order valence-corrected chi connectivity index (χ4v) is 2.48. The lowest BCUT2D eigenvalue weighted by Gasteiger charge is -2.09. The van der Waals surface area contributed by atoms with Crippen LogP contribution in [0.15, 0.2) is 23.7 Å². The van der Waals surface area contributed by atoms with Crippen LogP contribution in [0.2, 0.25) is 0 Å². The lowest BCUT2D eigenvalue weighted by Crippen LogP contribution is -2.28. The van der Waals surface area contributed by atoms with Gasteiger partial charge in [0.1, 0.15) is 0 Å². The summed E-state index contributed by atoms with van der Waals surface area (Å²) in [5, 5.41) is 14.4. The highest BCUT2D eigenvalue weighted by Crippen LogP contribution is 2.15. The number of carbonyl (C=O) groups is 2. The second-order valence-corrected chi connectivity index (χ2v) is 5.44. The number of thiazole rings is 1. The molecule has 0 saturated heterocycles. The van der Waals surface area contributed by atoms with Crippen LogP contribution in [0.1, 0.15) is 26.5 Å². The van der Waals surface area contributed by atoms with Gasteiger partial charge in [-0.15, -0.1) is 11.3 Å². The Balaban J connectivity index is 1.98. The molecule has 0 bridgehead atoms. The molecule has 0 unspecified atom stereocenters. The Kier molecular flexibility index (Phi) is 4.54. The standard InChI is InChI=1S/C14H15N3O3S/c1-8-3-4-10(5-11(8)13(18)19)17-14(20)15-6-12-9(2)16-7-21-12/h3-5,7H,6H2,1-2H3,(H,18,19)(H2,15,17,20). The summed E-state index contributed by atoms with van der Waals surface area (Å²) in [5.41, 5.74) is 3.88. The molecule has 7 heteroatoms. The molecular weight excluding hydrogens is 290 g/mol. The zero-order valence-corrected chi connectivity index (χ0v) is 12.5. The molecule has 0 atom stereocenters. The van der Waals surface area contributed by atoms with Crippen LogP contribution in [0, 0.1) is 13.8 Å². The molecule has 0 spiro atoms.